The van der Waals surface area contributed by atoms with Crippen molar-refractivity contribution >= 4 is 11.7 Å². The van der Waals surface area contributed by atoms with Crippen LogP contribution in [0.2, 0.25) is 0 Å². The lowest BCUT2D eigenvalue weighted by atomic mass is 9.88. The first-order valence-electron chi connectivity index (χ1n) is 7.26. The minimum atomic E-state index is -0.350. The van der Waals surface area contributed by atoms with Crippen molar-refractivity contribution in [1.82, 2.24) is 4.90 Å². The van der Waals surface area contributed by atoms with Gasteiger partial charge in [0, 0.05) is 24.6 Å². The van der Waals surface area contributed by atoms with Gasteiger partial charge in [-0.15, -0.1) is 0 Å². The minimum Gasteiger partial charge on any atom is -0.472 e. The summed E-state index contributed by atoms with van der Waals surface area (Å²) in [5.74, 6) is -0.507. The molecule has 0 aliphatic carbocycles. The van der Waals surface area contributed by atoms with Crippen molar-refractivity contribution in [3.63, 3.8) is 0 Å². The maximum atomic E-state index is 12.9. The van der Waals surface area contributed by atoms with E-state index in [0.717, 1.165) is 0 Å². The van der Waals surface area contributed by atoms with Gasteiger partial charge in [-0.3, -0.25) is 9.59 Å². The molecule has 0 saturated carbocycles. The summed E-state index contributed by atoms with van der Waals surface area (Å²) >= 11 is 0. The molecule has 114 valence electrons. The Morgan fingerprint density at radius 2 is 1.73 bits per heavy atom. The van der Waals surface area contributed by atoms with Gasteiger partial charge in [-0.25, -0.2) is 4.39 Å². The number of benzene rings is 1. The Balaban J connectivity index is 1.60. The van der Waals surface area contributed by atoms with Crippen molar-refractivity contribution in [2.24, 2.45) is 5.92 Å². The number of carbonyl (C=O) groups is 2. The van der Waals surface area contributed by atoms with E-state index in [9.17, 15) is 14.0 Å². The summed E-state index contributed by atoms with van der Waals surface area (Å²) in [6.45, 7) is 1.09. The van der Waals surface area contributed by atoms with Crippen molar-refractivity contribution in [1.29, 1.82) is 0 Å². The number of carbonyl (C=O) groups excluding carboxylic acids is 2. The average molecular weight is 301 g/mol. The second-order valence-electron chi connectivity index (χ2n) is 5.45. The van der Waals surface area contributed by atoms with Crippen LogP contribution in [0.15, 0.2) is 47.3 Å². The van der Waals surface area contributed by atoms with Crippen LogP contribution < -0.4 is 0 Å². The van der Waals surface area contributed by atoms with E-state index in [0.29, 0.717) is 37.1 Å². The average Bonchev–Trinajstić information content (AvgIpc) is 3.09. The molecule has 5 heteroatoms. The molecule has 1 saturated heterocycles. The number of furan rings is 1. The van der Waals surface area contributed by atoms with E-state index in [1.54, 1.807) is 11.0 Å². The maximum absolute atomic E-state index is 12.9. The number of hydrogen-bond donors (Lipinski definition) is 0. The number of halogens is 1. The Labute approximate surface area is 127 Å². The topological polar surface area (TPSA) is 50.5 Å². The van der Waals surface area contributed by atoms with Crippen LogP contribution in [0, 0.1) is 11.7 Å². The fraction of sp³-hybridized carbons (Fsp3) is 0.294. The molecule has 1 aliphatic heterocycles. The molecule has 3 rings (SSSR count). The van der Waals surface area contributed by atoms with Crippen molar-refractivity contribution in [3.05, 3.63) is 59.8 Å². The highest BCUT2D eigenvalue weighted by molar-refractivity contribution is 5.98. The number of likely N-dealkylation sites (tertiary alicyclic amines) is 1. The molecule has 2 heterocycles. The Morgan fingerprint density at radius 3 is 2.32 bits per heavy atom. The molecular weight excluding hydrogens is 285 g/mol. The smallest absolute Gasteiger partial charge is 0.257 e. The number of rotatable bonds is 3. The van der Waals surface area contributed by atoms with E-state index >= 15 is 0 Å². The van der Waals surface area contributed by atoms with E-state index in [4.69, 9.17) is 4.42 Å². The zero-order valence-electron chi connectivity index (χ0n) is 12.0. The molecule has 1 aromatic carbocycles. The molecule has 22 heavy (non-hydrogen) atoms. The normalized spacial score (nSPS) is 15.8. The van der Waals surface area contributed by atoms with Crippen LogP contribution >= 0.6 is 0 Å². The molecule has 0 spiro atoms. The van der Waals surface area contributed by atoms with E-state index in [-0.39, 0.29) is 23.4 Å². The summed E-state index contributed by atoms with van der Waals surface area (Å²) in [7, 11) is 0. The van der Waals surface area contributed by atoms with Crippen LogP contribution in [0.5, 0.6) is 0 Å². The summed E-state index contributed by atoms with van der Waals surface area (Å²) in [6.07, 6.45) is 4.15. The Morgan fingerprint density at radius 1 is 1.05 bits per heavy atom. The van der Waals surface area contributed by atoms with E-state index in [2.05, 4.69) is 0 Å². The molecule has 1 amide bonds. The predicted octanol–water partition coefficient (Wildman–Crippen LogP) is 3.15. The first kappa shape index (κ1) is 14.5. The Kier molecular flexibility index (Phi) is 4.04. The summed E-state index contributed by atoms with van der Waals surface area (Å²) in [5, 5.41) is 0. The van der Waals surface area contributed by atoms with Crippen LogP contribution in [0.3, 0.4) is 0 Å². The number of hydrogen-bond acceptors (Lipinski definition) is 3. The van der Waals surface area contributed by atoms with Gasteiger partial charge in [0.15, 0.2) is 5.78 Å². The lowest BCUT2D eigenvalue weighted by Crippen LogP contribution is -2.40. The molecule has 0 unspecified atom stereocenters. The fourth-order valence-corrected chi connectivity index (χ4v) is 2.76. The van der Waals surface area contributed by atoms with Crippen molar-refractivity contribution < 1.29 is 18.4 Å². The standard InChI is InChI=1S/C17H16FNO3/c18-15-3-1-12(2-4-15)16(20)13-5-8-19(9-6-13)17(21)14-7-10-22-11-14/h1-4,7,10-11,13H,5-6,8-9H2. The lowest BCUT2D eigenvalue weighted by Gasteiger charge is -2.31. The van der Waals surface area contributed by atoms with Gasteiger partial charge in [0.25, 0.3) is 5.91 Å². The van der Waals surface area contributed by atoms with Gasteiger partial charge in [-0.05, 0) is 43.2 Å². The highest BCUT2D eigenvalue weighted by Gasteiger charge is 2.28. The van der Waals surface area contributed by atoms with Gasteiger partial charge in [0.2, 0.25) is 0 Å². The van der Waals surface area contributed by atoms with Crippen molar-refractivity contribution in [2.75, 3.05) is 13.1 Å². The summed E-state index contributed by atoms with van der Waals surface area (Å²) in [6, 6.07) is 7.26. The van der Waals surface area contributed by atoms with Gasteiger partial charge in [0.05, 0.1) is 11.8 Å². The third-order valence-corrected chi connectivity index (χ3v) is 4.05. The van der Waals surface area contributed by atoms with Gasteiger partial charge in [0.1, 0.15) is 12.1 Å². The molecule has 0 radical (unpaired) electrons. The Bertz CT molecular complexity index is 656. The number of amides is 1. The van der Waals surface area contributed by atoms with Gasteiger partial charge in [-0.1, -0.05) is 0 Å². The highest BCUT2D eigenvalue weighted by atomic mass is 19.1. The SMILES string of the molecule is O=C(c1ccc(F)cc1)C1CCN(C(=O)c2ccoc2)CC1. The zero-order valence-corrected chi connectivity index (χ0v) is 12.0. The largest absolute Gasteiger partial charge is 0.472 e. The van der Waals surface area contributed by atoms with E-state index < -0.39 is 0 Å². The van der Waals surface area contributed by atoms with Crippen LogP contribution in [-0.2, 0) is 0 Å². The summed E-state index contributed by atoms with van der Waals surface area (Å²) in [5.41, 5.74) is 1.06. The molecule has 1 aromatic heterocycles. The number of Topliss-reactive ketones (excluding diaryl/α,β-unsaturated/α-hetero) is 1. The van der Waals surface area contributed by atoms with Crippen LogP contribution in [-0.4, -0.2) is 29.7 Å². The second-order valence-corrected chi connectivity index (χ2v) is 5.45. The van der Waals surface area contributed by atoms with Gasteiger partial charge in [-0.2, -0.15) is 0 Å². The first-order valence-corrected chi connectivity index (χ1v) is 7.26. The zero-order chi connectivity index (χ0) is 15.5. The van der Waals surface area contributed by atoms with Crippen molar-refractivity contribution in [3.8, 4) is 0 Å². The van der Waals surface area contributed by atoms with Crippen LogP contribution in [0.25, 0.3) is 0 Å². The van der Waals surface area contributed by atoms with Gasteiger partial charge < -0.3 is 9.32 Å². The van der Waals surface area contributed by atoms with E-state index in [1.807, 2.05) is 0 Å². The number of piperidine rings is 1. The van der Waals surface area contributed by atoms with Crippen LogP contribution in [0.4, 0.5) is 4.39 Å². The highest BCUT2D eigenvalue weighted by Crippen LogP contribution is 2.23. The lowest BCUT2D eigenvalue weighted by molar-refractivity contribution is 0.0649. The molecule has 1 fully saturated rings. The minimum absolute atomic E-state index is 0.0235. The molecule has 0 N–H and O–H groups in total. The maximum Gasteiger partial charge on any atom is 0.257 e. The molecular formula is C17H16FNO3. The van der Waals surface area contributed by atoms with Crippen molar-refractivity contribution in [2.45, 2.75) is 12.8 Å². The van der Waals surface area contributed by atoms with Gasteiger partial charge >= 0.3 is 0 Å². The summed E-state index contributed by atoms with van der Waals surface area (Å²) in [4.78, 5) is 26.3. The predicted molar refractivity (Wildman–Crippen MR) is 78.1 cm³/mol. The second kappa shape index (κ2) is 6.13. The summed E-state index contributed by atoms with van der Waals surface area (Å²) < 4.78 is 17.8. The Hall–Kier alpha value is -2.43. The van der Waals surface area contributed by atoms with Crippen LogP contribution in [0.1, 0.15) is 33.6 Å². The number of ketones is 1. The first-order chi connectivity index (χ1) is 10.6. The third-order valence-electron chi connectivity index (χ3n) is 4.05. The molecule has 0 atom stereocenters. The molecule has 0 bridgehead atoms. The number of nitrogens with zero attached hydrogens (tertiary/aromatic N) is 1. The van der Waals surface area contributed by atoms with E-state index in [1.165, 1.54) is 36.8 Å². The fourth-order valence-electron chi connectivity index (χ4n) is 2.76. The third kappa shape index (κ3) is 2.93. The molecule has 4 nitrogen and oxygen atoms in total. The molecule has 2 aromatic rings. The quantitative estimate of drug-likeness (QED) is 0.818. The molecule has 1 aliphatic rings. The monoisotopic (exact) mass is 301 g/mol.